The molecule has 0 aliphatic carbocycles. The van der Waals surface area contributed by atoms with Crippen LogP contribution in [0.1, 0.15) is 0 Å². The normalized spacial score (nSPS) is 9.18. The lowest BCUT2D eigenvalue weighted by molar-refractivity contribution is 1.02. The Morgan fingerprint density at radius 3 is 2.18 bits per heavy atom. The average Bonchev–Trinajstić information content (AvgIpc) is 2.05. The van der Waals surface area contributed by atoms with Crippen LogP contribution in [0.2, 0.25) is 0 Å². The molecule has 0 radical (unpaired) electrons. The molecule has 0 saturated heterocycles. The summed E-state index contributed by atoms with van der Waals surface area (Å²) in [4.78, 5) is 0. The number of likely N-dealkylation sites (N-methyl/N-ethyl adjacent to an activating group) is 1. The molecule has 0 rings (SSSR count). The molecular weight excluding hydrogens is 136 g/mol. The number of allylic oxidation sites excluding steroid dienone is 4. The quantitative estimate of drug-likeness (QED) is 0.593. The zero-order chi connectivity index (χ0) is 8.69. The van der Waals surface area contributed by atoms with Gasteiger partial charge in [0, 0.05) is 12.7 Å². The molecule has 11 heavy (non-hydrogen) atoms. The molecular formula is C9H14N2. The Bertz CT molecular complexity index is 190. The summed E-state index contributed by atoms with van der Waals surface area (Å²) >= 11 is 0. The Hall–Kier alpha value is -1.44. The highest BCUT2D eigenvalue weighted by Crippen LogP contribution is 2.03. The van der Waals surface area contributed by atoms with Gasteiger partial charge >= 0.3 is 0 Å². The summed E-state index contributed by atoms with van der Waals surface area (Å²) in [6, 6.07) is 0. The molecule has 0 aromatic heterocycles. The zero-order valence-electron chi connectivity index (χ0n) is 6.80. The number of hydrogen-bond acceptors (Lipinski definition) is 2. The van der Waals surface area contributed by atoms with E-state index in [1.807, 2.05) is 7.05 Å². The molecule has 2 nitrogen and oxygen atoms in total. The number of nitrogens with two attached hydrogens (primary N) is 1. The van der Waals surface area contributed by atoms with Crippen LogP contribution in [0.15, 0.2) is 48.9 Å². The van der Waals surface area contributed by atoms with Crippen LogP contribution in [0, 0.1) is 0 Å². The maximum atomic E-state index is 5.23. The molecule has 0 aromatic rings. The van der Waals surface area contributed by atoms with Crippen LogP contribution in [0.25, 0.3) is 0 Å². The molecule has 2 heteroatoms. The van der Waals surface area contributed by atoms with Crippen LogP contribution in [0.5, 0.6) is 0 Å². The van der Waals surface area contributed by atoms with E-state index in [1.165, 1.54) is 6.20 Å². The van der Waals surface area contributed by atoms with E-state index in [4.69, 9.17) is 5.73 Å². The van der Waals surface area contributed by atoms with Crippen molar-refractivity contribution in [2.24, 2.45) is 5.73 Å². The van der Waals surface area contributed by atoms with E-state index < -0.39 is 0 Å². The monoisotopic (exact) mass is 150 g/mol. The van der Waals surface area contributed by atoms with Gasteiger partial charge in [0.1, 0.15) is 0 Å². The standard InChI is InChI=1S/C9H14N2/c1-4-8(5-2)9(11-3)6-7-10/h4-7,11H,1-2,10H2,3H3/b7-6-. The third-order valence-electron chi connectivity index (χ3n) is 1.28. The first-order valence-electron chi connectivity index (χ1n) is 3.35. The molecule has 0 bridgehead atoms. The molecule has 0 fully saturated rings. The fourth-order valence-electron chi connectivity index (χ4n) is 0.723. The second-order valence-corrected chi connectivity index (χ2v) is 1.89. The van der Waals surface area contributed by atoms with Crippen molar-refractivity contribution in [3.8, 4) is 0 Å². The van der Waals surface area contributed by atoms with Crippen molar-refractivity contribution in [2.75, 3.05) is 7.05 Å². The minimum absolute atomic E-state index is 0.914. The van der Waals surface area contributed by atoms with E-state index in [9.17, 15) is 0 Å². The van der Waals surface area contributed by atoms with E-state index in [-0.39, 0.29) is 0 Å². The predicted octanol–water partition coefficient (Wildman–Crippen LogP) is 1.30. The van der Waals surface area contributed by atoms with Gasteiger partial charge in [-0.3, -0.25) is 0 Å². The summed E-state index contributed by atoms with van der Waals surface area (Å²) in [5, 5.41) is 2.98. The zero-order valence-corrected chi connectivity index (χ0v) is 6.80. The van der Waals surface area contributed by atoms with Crippen molar-refractivity contribution in [1.82, 2.24) is 5.32 Å². The lowest BCUT2D eigenvalue weighted by Gasteiger charge is -2.02. The SMILES string of the molecule is C=CC(C=C)=C(/C=C\N)NC. The third-order valence-corrected chi connectivity index (χ3v) is 1.28. The summed E-state index contributed by atoms with van der Waals surface area (Å²) in [7, 11) is 1.82. The first-order chi connectivity index (χ1) is 5.29. The van der Waals surface area contributed by atoms with E-state index in [0.717, 1.165) is 11.3 Å². The molecule has 0 unspecified atom stereocenters. The summed E-state index contributed by atoms with van der Waals surface area (Å²) < 4.78 is 0. The molecule has 0 aliphatic heterocycles. The second-order valence-electron chi connectivity index (χ2n) is 1.89. The third kappa shape index (κ3) is 2.76. The summed E-state index contributed by atoms with van der Waals surface area (Å²) in [6.07, 6.45) is 6.68. The summed E-state index contributed by atoms with van der Waals surface area (Å²) in [5.74, 6) is 0. The van der Waals surface area contributed by atoms with Gasteiger partial charge in [-0.1, -0.05) is 25.3 Å². The van der Waals surface area contributed by atoms with Crippen molar-refractivity contribution in [3.05, 3.63) is 48.9 Å². The van der Waals surface area contributed by atoms with Gasteiger partial charge in [0.2, 0.25) is 0 Å². The minimum atomic E-state index is 0.914. The number of nitrogens with one attached hydrogen (secondary N) is 1. The first kappa shape index (κ1) is 9.56. The van der Waals surface area contributed by atoms with Gasteiger partial charge in [-0.25, -0.2) is 0 Å². The van der Waals surface area contributed by atoms with Gasteiger partial charge in [0.25, 0.3) is 0 Å². The highest BCUT2D eigenvalue weighted by molar-refractivity contribution is 5.37. The highest BCUT2D eigenvalue weighted by Gasteiger charge is 1.91. The molecule has 0 atom stereocenters. The smallest absolute Gasteiger partial charge is 0.0425 e. The van der Waals surface area contributed by atoms with Gasteiger partial charge in [-0.05, 0) is 17.8 Å². The molecule has 60 valence electrons. The van der Waals surface area contributed by atoms with Crippen molar-refractivity contribution >= 4 is 0 Å². The Labute approximate surface area is 67.8 Å². The summed E-state index contributed by atoms with van der Waals surface area (Å²) in [6.45, 7) is 7.28. The van der Waals surface area contributed by atoms with Crippen LogP contribution in [-0.4, -0.2) is 7.05 Å². The maximum absolute atomic E-state index is 5.23. The van der Waals surface area contributed by atoms with Gasteiger partial charge in [-0.2, -0.15) is 0 Å². The van der Waals surface area contributed by atoms with Gasteiger partial charge in [-0.15, -0.1) is 0 Å². The predicted molar refractivity (Wildman–Crippen MR) is 49.8 cm³/mol. The van der Waals surface area contributed by atoms with E-state index in [2.05, 4.69) is 18.5 Å². The Balaban J connectivity index is 4.75. The van der Waals surface area contributed by atoms with E-state index in [0.29, 0.717) is 0 Å². The van der Waals surface area contributed by atoms with Gasteiger partial charge in [0.05, 0.1) is 0 Å². The van der Waals surface area contributed by atoms with Crippen molar-refractivity contribution in [2.45, 2.75) is 0 Å². The molecule has 0 spiro atoms. The fraction of sp³-hybridized carbons (Fsp3) is 0.111. The largest absolute Gasteiger partial charge is 0.405 e. The van der Waals surface area contributed by atoms with E-state index >= 15 is 0 Å². The highest BCUT2D eigenvalue weighted by atomic mass is 14.8. The molecule has 0 aliphatic rings. The number of rotatable bonds is 4. The van der Waals surface area contributed by atoms with Crippen molar-refractivity contribution in [3.63, 3.8) is 0 Å². The minimum Gasteiger partial charge on any atom is -0.405 e. The van der Waals surface area contributed by atoms with E-state index in [1.54, 1.807) is 18.2 Å². The van der Waals surface area contributed by atoms with Crippen LogP contribution in [-0.2, 0) is 0 Å². The lowest BCUT2D eigenvalue weighted by Crippen LogP contribution is -2.05. The second kappa shape index (κ2) is 5.35. The van der Waals surface area contributed by atoms with Crippen LogP contribution >= 0.6 is 0 Å². The van der Waals surface area contributed by atoms with Crippen LogP contribution in [0.3, 0.4) is 0 Å². The summed E-state index contributed by atoms with van der Waals surface area (Å²) in [5.41, 5.74) is 7.08. The lowest BCUT2D eigenvalue weighted by atomic mass is 10.2. The molecule has 0 aromatic carbocycles. The Kier molecular flexibility index (Phi) is 4.65. The molecule has 0 saturated carbocycles. The number of hydrogen-bond donors (Lipinski definition) is 2. The average molecular weight is 150 g/mol. The van der Waals surface area contributed by atoms with Crippen molar-refractivity contribution in [1.29, 1.82) is 0 Å². The molecule has 0 heterocycles. The Morgan fingerprint density at radius 2 is 1.91 bits per heavy atom. The van der Waals surface area contributed by atoms with Crippen LogP contribution in [0.4, 0.5) is 0 Å². The van der Waals surface area contributed by atoms with Crippen LogP contribution < -0.4 is 11.1 Å². The van der Waals surface area contributed by atoms with Gasteiger partial charge < -0.3 is 11.1 Å². The molecule has 3 N–H and O–H groups in total. The molecule has 0 amide bonds. The van der Waals surface area contributed by atoms with Crippen molar-refractivity contribution < 1.29 is 0 Å². The fourth-order valence-corrected chi connectivity index (χ4v) is 0.723. The topological polar surface area (TPSA) is 38.0 Å². The maximum Gasteiger partial charge on any atom is 0.0425 e. The first-order valence-corrected chi connectivity index (χ1v) is 3.35. The Morgan fingerprint density at radius 1 is 1.36 bits per heavy atom. The van der Waals surface area contributed by atoms with Gasteiger partial charge in [0.15, 0.2) is 0 Å².